The van der Waals surface area contributed by atoms with Crippen molar-refractivity contribution < 1.29 is 14.6 Å². The third-order valence-electron chi connectivity index (χ3n) is 9.67. The molecule has 1 amide bonds. The van der Waals surface area contributed by atoms with E-state index in [1.165, 1.54) is 16.7 Å². The van der Waals surface area contributed by atoms with Gasteiger partial charge in [0.15, 0.2) is 11.5 Å². The summed E-state index contributed by atoms with van der Waals surface area (Å²) in [5, 5.41) is 26.3. The molecule has 1 aliphatic carbocycles. The Labute approximate surface area is 309 Å². The quantitative estimate of drug-likeness (QED) is 0.122. The lowest BCUT2D eigenvalue weighted by molar-refractivity contribution is -0.116. The Hall–Kier alpha value is -4.93. The van der Waals surface area contributed by atoms with Crippen molar-refractivity contribution in [2.75, 3.05) is 17.7 Å². The molecular formula is C42H46N6O3S. The van der Waals surface area contributed by atoms with Gasteiger partial charge in [-0.3, -0.25) is 9.20 Å². The Morgan fingerprint density at radius 2 is 1.73 bits per heavy atom. The van der Waals surface area contributed by atoms with Gasteiger partial charge >= 0.3 is 0 Å². The highest BCUT2D eigenvalue weighted by atomic mass is 32.2. The molecule has 0 aliphatic heterocycles. The van der Waals surface area contributed by atoms with Gasteiger partial charge in [0.2, 0.25) is 5.91 Å². The first-order valence-electron chi connectivity index (χ1n) is 18.1. The van der Waals surface area contributed by atoms with Gasteiger partial charge in [-0.1, -0.05) is 80.9 Å². The van der Waals surface area contributed by atoms with Crippen molar-refractivity contribution in [1.82, 2.24) is 24.4 Å². The van der Waals surface area contributed by atoms with E-state index in [0.29, 0.717) is 23.9 Å². The maximum atomic E-state index is 13.3. The topological polar surface area (TPSA) is 107 Å². The smallest absolute Gasteiger partial charge is 0.225 e. The summed E-state index contributed by atoms with van der Waals surface area (Å²) >= 11 is 1.60. The summed E-state index contributed by atoms with van der Waals surface area (Å²) in [5.41, 5.74) is 7.09. The summed E-state index contributed by atoms with van der Waals surface area (Å²) in [7, 11) is 0. The maximum absolute atomic E-state index is 13.3. The number of nitrogens with one attached hydrogen (secondary N) is 1. The van der Waals surface area contributed by atoms with E-state index in [2.05, 4.69) is 79.6 Å². The van der Waals surface area contributed by atoms with Crippen molar-refractivity contribution in [2.24, 2.45) is 0 Å². The molecule has 0 saturated carbocycles. The van der Waals surface area contributed by atoms with Crippen LogP contribution in [0.4, 0.5) is 5.82 Å². The number of hydrogen-bond acceptors (Lipinski definition) is 7. The average molecular weight is 715 g/mol. The molecule has 0 radical (unpaired) electrons. The first-order valence-corrected chi connectivity index (χ1v) is 19.1. The lowest BCUT2D eigenvalue weighted by atomic mass is 9.79. The third-order valence-corrected chi connectivity index (χ3v) is 10.7. The summed E-state index contributed by atoms with van der Waals surface area (Å²) in [5.74, 6) is 3.15. The molecular weight excluding hydrogens is 669 g/mol. The van der Waals surface area contributed by atoms with Crippen LogP contribution in [0.3, 0.4) is 0 Å². The van der Waals surface area contributed by atoms with Crippen molar-refractivity contribution in [1.29, 1.82) is 0 Å². The largest absolute Gasteiger partial charge is 0.484 e. The maximum Gasteiger partial charge on any atom is 0.225 e. The molecule has 10 heteroatoms. The van der Waals surface area contributed by atoms with Crippen molar-refractivity contribution in [2.45, 2.75) is 82.1 Å². The first-order chi connectivity index (χ1) is 25.2. The molecule has 0 spiro atoms. The molecule has 52 heavy (non-hydrogen) atoms. The normalized spacial score (nSPS) is 15.8. The first kappa shape index (κ1) is 35.5. The lowest BCUT2D eigenvalue weighted by Crippen LogP contribution is -2.19. The van der Waals surface area contributed by atoms with Crippen molar-refractivity contribution in [3.8, 4) is 22.8 Å². The van der Waals surface area contributed by atoms with Crippen LogP contribution in [0.25, 0.3) is 22.7 Å². The number of rotatable bonds is 12. The molecule has 0 fully saturated rings. The van der Waals surface area contributed by atoms with Gasteiger partial charge in [0, 0.05) is 34.1 Å². The SMILES string of the molecule is Cc1ccc(-n2nc(C(C)(C)C)cc2NC(=O)CCCC2CCC(Oc3ccc4nnc(-c5ccccc5SCCO)n4c3)c3ccccc32)cc1. The van der Waals surface area contributed by atoms with E-state index in [-0.39, 0.29) is 24.0 Å². The van der Waals surface area contributed by atoms with Crippen LogP contribution in [0, 0.1) is 6.92 Å². The molecule has 2 unspecified atom stereocenters. The summed E-state index contributed by atoms with van der Waals surface area (Å²) in [6.45, 7) is 8.56. The standard InChI is InChI=1S/C42H46N6O3S/c1-28-16-19-30(20-17-28)48-39(26-37(46-48)42(2,3)4)43-40(50)15-9-10-29-18-22-35(33-12-6-5-11-32(29)33)51-31-21-23-38-44-45-41(47(38)27-31)34-13-7-8-14-36(34)52-25-24-49/h5-8,11-14,16-17,19-21,23,26-27,29,35,49H,9-10,15,18,22,24-25H2,1-4H3,(H,43,50). The van der Waals surface area contributed by atoms with Crippen LogP contribution < -0.4 is 10.1 Å². The Kier molecular flexibility index (Phi) is 10.5. The molecule has 3 heterocycles. The highest BCUT2D eigenvalue weighted by molar-refractivity contribution is 7.99. The minimum Gasteiger partial charge on any atom is -0.484 e. The van der Waals surface area contributed by atoms with Crippen LogP contribution in [0.2, 0.25) is 0 Å². The number of hydrogen-bond donors (Lipinski definition) is 2. The Bertz CT molecular complexity index is 2170. The van der Waals surface area contributed by atoms with Crippen molar-refractivity contribution in [3.05, 3.63) is 120 Å². The number of aryl methyl sites for hydroxylation is 1. The number of benzene rings is 3. The van der Waals surface area contributed by atoms with E-state index in [0.717, 1.165) is 64.7 Å². The summed E-state index contributed by atoms with van der Waals surface area (Å²) in [6, 6.07) is 30.7. The fourth-order valence-electron chi connectivity index (χ4n) is 6.92. The van der Waals surface area contributed by atoms with E-state index in [4.69, 9.17) is 9.84 Å². The minimum atomic E-state index is -0.149. The number of ether oxygens (including phenoxy) is 1. The molecule has 1 aliphatic rings. The van der Waals surface area contributed by atoms with Gasteiger partial charge in [-0.05, 0) is 80.0 Å². The molecule has 3 aromatic heterocycles. The number of amides is 1. The molecule has 0 bridgehead atoms. The fraction of sp³-hybridized carbons (Fsp3) is 0.333. The lowest BCUT2D eigenvalue weighted by Gasteiger charge is -2.32. The Balaban J connectivity index is 1.02. The second-order valence-corrected chi connectivity index (χ2v) is 15.7. The molecule has 7 rings (SSSR count). The zero-order valence-corrected chi connectivity index (χ0v) is 31.1. The van der Waals surface area contributed by atoms with Crippen LogP contribution in [0.15, 0.2) is 102 Å². The van der Waals surface area contributed by atoms with Gasteiger partial charge in [0.1, 0.15) is 17.7 Å². The molecule has 9 nitrogen and oxygen atoms in total. The third kappa shape index (κ3) is 7.78. The summed E-state index contributed by atoms with van der Waals surface area (Å²) in [4.78, 5) is 14.4. The molecule has 2 N–H and O–H groups in total. The van der Waals surface area contributed by atoms with Crippen LogP contribution in [0.5, 0.6) is 5.75 Å². The zero-order valence-electron chi connectivity index (χ0n) is 30.3. The van der Waals surface area contributed by atoms with Crippen LogP contribution >= 0.6 is 11.8 Å². The fourth-order valence-corrected chi connectivity index (χ4v) is 7.72. The number of nitrogens with zero attached hydrogens (tertiary/aromatic N) is 5. The zero-order chi connectivity index (χ0) is 36.2. The Morgan fingerprint density at radius 3 is 2.52 bits per heavy atom. The number of fused-ring (bicyclic) bond motifs is 2. The summed E-state index contributed by atoms with van der Waals surface area (Å²) in [6.07, 6.45) is 5.89. The van der Waals surface area contributed by atoms with Gasteiger partial charge in [-0.15, -0.1) is 22.0 Å². The van der Waals surface area contributed by atoms with E-state index >= 15 is 0 Å². The van der Waals surface area contributed by atoms with Crippen LogP contribution in [-0.4, -0.2) is 47.8 Å². The van der Waals surface area contributed by atoms with E-state index in [1.807, 2.05) is 69.9 Å². The molecule has 3 aromatic carbocycles. The number of aliphatic hydroxyl groups excluding tert-OH is 1. The van der Waals surface area contributed by atoms with E-state index in [1.54, 1.807) is 11.8 Å². The second-order valence-electron chi connectivity index (χ2n) is 14.5. The summed E-state index contributed by atoms with van der Waals surface area (Å²) < 4.78 is 10.5. The van der Waals surface area contributed by atoms with Crippen molar-refractivity contribution >= 4 is 29.1 Å². The number of thioether (sulfide) groups is 1. The van der Waals surface area contributed by atoms with Gasteiger partial charge in [0.25, 0.3) is 0 Å². The monoisotopic (exact) mass is 714 g/mol. The van der Waals surface area contributed by atoms with Crippen molar-refractivity contribution in [3.63, 3.8) is 0 Å². The number of aromatic nitrogens is 5. The van der Waals surface area contributed by atoms with Crippen LogP contribution in [0.1, 0.15) is 87.3 Å². The number of aliphatic hydroxyl groups is 1. The predicted molar refractivity (Wildman–Crippen MR) is 208 cm³/mol. The molecule has 0 saturated heterocycles. The van der Waals surface area contributed by atoms with Crippen LogP contribution in [-0.2, 0) is 10.2 Å². The highest BCUT2D eigenvalue weighted by Gasteiger charge is 2.29. The van der Waals surface area contributed by atoms with E-state index in [9.17, 15) is 9.90 Å². The van der Waals surface area contributed by atoms with E-state index < -0.39 is 0 Å². The predicted octanol–water partition coefficient (Wildman–Crippen LogP) is 9.08. The number of pyridine rings is 1. The number of anilines is 1. The highest BCUT2D eigenvalue weighted by Crippen LogP contribution is 2.42. The Morgan fingerprint density at radius 1 is 0.962 bits per heavy atom. The molecule has 2 atom stereocenters. The minimum absolute atomic E-state index is 0.00241. The molecule has 268 valence electrons. The van der Waals surface area contributed by atoms with Gasteiger partial charge in [0.05, 0.1) is 24.2 Å². The second kappa shape index (κ2) is 15.4. The van der Waals surface area contributed by atoms with Gasteiger partial charge in [-0.25, -0.2) is 4.68 Å². The van der Waals surface area contributed by atoms with Gasteiger partial charge in [-0.2, -0.15) is 5.10 Å². The number of carbonyl (C=O) groups excluding carboxylic acids is 1. The van der Waals surface area contributed by atoms with Gasteiger partial charge < -0.3 is 15.2 Å². The average Bonchev–Trinajstić information content (AvgIpc) is 3.76. The number of carbonyl (C=O) groups is 1. The molecule has 6 aromatic rings.